The van der Waals surface area contributed by atoms with Crippen LogP contribution >= 0.6 is 0 Å². The largest absolute Gasteiger partial charge is 0.490 e. The van der Waals surface area contributed by atoms with E-state index in [4.69, 9.17) is 14.6 Å². The van der Waals surface area contributed by atoms with Crippen LogP contribution in [0.4, 0.5) is 13.2 Å². The molecule has 206 valence electrons. The third kappa shape index (κ3) is 6.55. The molecule has 13 heteroatoms. The minimum Gasteiger partial charge on any atom is -0.485 e. The molecule has 0 aliphatic carbocycles. The molecule has 0 spiro atoms. The van der Waals surface area contributed by atoms with Gasteiger partial charge in [-0.3, -0.25) is 4.98 Å². The van der Waals surface area contributed by atoms with Gasteiger partial charge in [0.2, 0.25) is 10.0 Å². The van der Waals surface area contributed by atoms with E-state index < -0.39 is 22.2 Å². The SMILES string of the molecule is Cc1ncccc1OCc1cc2c(-c3ccc(S(=O)(=O)N4CCCC4)cc3)ccnc2[nH]1.O=C(O)C(F)(F)F. The first-order valence-electron chi connectivity index (χ1n) is 11.9. The van der Waals surface area contributed by atoms with Crippen LogP contribution in [-0.4, -0.2) is 58.0 Å². The number of alkyl halides is 3. The number of hydrogen-bond donors (Lipinski definition) is 2. The lowest BCUT2D eigenvalue weighted by atomic mass is 10.0. The molecule has 4 heterocycles. The third-order valence-corrected chi connectivity index (χ3v) is 7.95. The number of sulfonamides is 1. The van der Waals surface area contributed by atoms with Crippen molar-refractivity contribution in [2.24, 2.45) is 0 Å². The second-order valence-electron chi connectivity index (χ2n) is 8.73. The van der Waals surface area contributed by atoms with Gasteiger partial charge in [-0.1, -0.05) is 12.1 Å². The zero-order valence-corrected chi connectivity index (χ0v) is 21.6. The molecule has 0 bridgehead atoms. The Hall–Kier alpha value is -3.97. The van der Waals surface area contributed by atoms with Crippen molar-refractivity contribution >= 4 is 27.0 Å². The number of fused-ring (bicyclic) bond motifs is 1. The third-order valence-electron chi connectivity index (χ3n) is 6.04. The smallest absolute Gasteiger partial charge is 0.485 e. The number of nitrogens with zero attached hydrogens (tertiary/aromatic N) is 3. The van der Waals surface area contributed by atoms with Crippen molar-refractivity contribution in [1.82, 2.24) is 19.3 Å². The highest BCUT2D eigenvalue weighted by atomic mass is 32.2. The van der Waals surface area contributed by atoms with Crippen LogP contribution in [0.5, 0.6) is 5.75 Å². The van der Waals surface area contributed by atoms with E-state index in [1.54, 1.807) is 28.8 Å². The lowest BCUT2D eigenvalue weighted by Gasteiger charge is -2.15. The predicted molar refractivity (Wildman–Crippen MR) is 137 cm³/mol. The summed E-state index contributed by atoms with van der Waals surface area (Å²) in [6, 6.07) is 14.8. The Bertz CT molecular complexity index is 1560. The fourth-order valence-corrected chi connectivity index (χ4v) is 5.59. The second-order valence-corrected chi connectivity index (χ2v) is 10.7. The fourth-order valence-electron chi connectivity index (χ4n) is 4.07. The average molecular weight is 563 g/mol. The molecule has 2 N–H and O–H groups in total. The van der Waals surface area contributed by atoms with E-state index in [9.17, 15) is 21.6 Å². The van der Waals surface area contributed by atoms with Crippen LogP contribution in [0.25, 0.3) is 22.2 Å². The van der Waals surface area contributed by atoms with Crippen molar-refractivity contribution in [2.45, 2.75) is 37.4 Å². The quantitative estimate of drug-likeness (QED) is 0.341. The van der Waals surface area contributed by atoms with Crippen LogP contribution in [-0.2, 0) is 21.4 Å². The molecule has 9 nitrogen and oxygen atoms in total. The maximum Gasteiger partial charge on any atom is 0.490 e. The van der Waals surface area contributed by atoms with E-state index in [1.807, 2.05) is 43.3 Å². The molecule has 1 aromatic carbocycles. The summed E-state index contributed by atoms with van der Waals surface area (Å²) in [6.07, 6.45) is 0.250. The van der Waals surface area contributed by atoms with Crippen molar-refractivity contribution in [3.63, 3.8) is 0 Å². The number of hydrogen-bond acceptors (Lipinski definition) is 6. The van der Waals surface area contributed by atoms with E-state index in [2.05, 4.69) is 15.0 Å². The highest BCUT2D eigenvalue weighted by molar-refractivity contribution is 7.89. The number of aliphatic carboxylic acids is 1. The Morgan fingerprint density at radius 1 is 1.08 bits per heavy atom. The Morgan fingerprint density at radius 3 is 2.36 bits per heavy atom. The lowest BCUT2D eigenvalue weighted by Crippen LogP contribution is -2.27. The molecule has 4 aromatic rings. The van der Waals surface area contributed by atoms with E-state index in [0.717, 1.165) is 52.1 Å². The van der Waals surface area contributed by atoms with Crippen LogP contribution in [0.15, 0.2) is 65.8 Å². The number of benzene rings is 1. The molecule has 0 saturated carbocycles. The number of aryl methyl sites for hydroxylation is 1. The van der Waals surface area contributed by atoms with Crippen molar-refractivity contribution in [2.75, 3.05) is 13.1 Å². The van der Waals surface area contributed by atoms with Gasteiger partial charge in [-0.15, -0.1) is 0 Å². The lowest BCUT2D eigenvalue weighted by molar-refractivity contribution is -0.192. The molecule has 3 aromatic heterocycles. The van der Waals surface area contributed by atoms with Gasteiger partial charge in [-0.05, 0) is 67.3 Å². The summed E-state index contributed by atoms with van der Waals surface area (Å²) >= 11 is 0. The molecule has 0 unspecified atom stereocenters. The predicted octanol–water partition coefficient (Wildman–Crippen LogP) is 4.93. The fraction of sp³-hybridized carbons (Fsp3) is 0.269. The Labute approximate surface area is 222 Å². The summed E-state index contributed by atoms with van der Waals surface area (Å²) < 4.78 is 64.8. The number of aromatic amines is 1. The molecule has 39 heavy (non-hydrogen) atoms. The van der Waals surface area contributed by atoms with Crippen LogP contribution in [0, 0.1) is 6.92 Å². The van der Waals surface area contributed by atoms with Gasteiger partial charge in [0.05, 0.1) is 16.3 Å². The first-order chi connectivity index (χ1) is 18.5. The number of carboxylic acid groups (broad SMARTS) is 1. The molecule has 0 radical (unpaired) electrons. The molecule has 5 rings (SSSR count). The summed E-state index contributed by atoms with van der Waals surface area (Å²) in [4.78, 5) is 21.2. The van der Waals surface area contributed by atoms with Gasteiger partial charge in [0.1, 0.15) is 18.0 Å². The number of H-pyrrole nitrogens is 1. The molecule has 0 amide bonds. The van der Waals surface area contributed by atoms with Crippen molar-refractivity contribution in [3.05, 3.63) is 72.3 Å². The van der Waals surface area contributed by atoms with Gasteiger partial charge in [-0.25, -0.2) is 18.2 Å². The van der Waals surface area contributed by atoms with Gasteiger partial charge >= 0.3 is 12.1 Å². The molecule has 1 fully saturated rings. The topological polar surface area (TPSA) is 125 Å². The van der Waals surface area contributed by atoms with Crippen LogP contribution in [0.3, 0.4) is 0 Å². The number of ether oxygens (including phenoxy) is 1. The van der Waals surface area contributed by atoms with Crippen LogP contribution in [0.2, 0.25) is 0 Å². The number of carbonyl (C=O) groups is 1. The Morgan fingerprint density at radius 2 is 1.74 bits per heavy atom. The molecular formula is C26H25F3N4O5S. The number of nitrogens with one attached hydrogen (secondary N) is 1. The van der Waals surface area contributed by atoms with Gasteiger partial charge in [0.15, 0.2) is 0 Å². The van der Waals surface area contributed by atoms with E-state index in [1.165, 1.54) is 0 Å². The van der Waals surface area contributed by atoms with Crippen LogP contribution in [0.1, 0.15) is 24.2 Å². The average Bonchev–Trinajstić information content (AvgIpc) is 3.59. The highest BCUT2D eigenvalue weighted by Gasteiger charge is 2.38. The number of carboxylic acids is 1. The van der Waals surface area contributed by atoms with E-state index in [0.29, 0.717) is 24.6 Å². The molecule has 1 aliphatic rings. The number of halogens is 3. The molecular weight excluding hydrogens is 537 g/mol. The van der Waals surface area contributed by atoms with Crippen molar-refractivity contribution in [1.29, 1.82) is 0 Å². The summed E-state index contributed by atoms with van der Waals surface area (Å²) in [5.74, 6) is -2.01. The maximum atomic E-state index is 12.8. The Balaban J connectivity index is 0.000000448. The van der Waals surface area contributed by atoms with Gasteiger partial charge in [0.25, 0.3) is 0 Å². The van der Waals surface area contributed by atoms with Gasteiger partial charge in [-0.2, -0.15) is 17.5 Å². The zero-order valence-electron chi connectivity index (χ0n) is 20.8. The maximum absolute atomic E-state index is 12.8. The normalized spacial score (nSPS) is 14.2. The second kappa shape index (κ2) is 11.4. The summed E-state index contributed by atoms with van der Waals surface area (Å²) in [6.45, 7) is 3.48. The number of rotatable bonds is 6. The Kier molecular flexibility index (Phi) is 8.21. The molecule has 0 atom stereocenters. The standard InChI is InChI=1S/C24H24N4O3S.C2HF3O2/c1-17-23(5-4-11-25-17)31-16-19-15-22-21(10-12-26-24(22)27-19)18-6-8-20(9-7-18)32(29,30)28-13-2-3-14-28;3-2(4,5)1(6)7/h4-12,15H,2-3,13-14,16H2,1H3,(H,26,27);(H,6,7). The zero-order chi connectivity index (χ0) is 28.2. The summed E-state index contributed by atoms with van der Waals surface area (Å²) in [7, 11) is -3.42. The van der Waals surface area contributed by atoms with Crippen LogP contribution < -0.4 is 4.74 Å². The van der Waals surface area contributed by atoms with Crippen molar-refractivity contribution < 1.29 is 36.2 Å². The monoisotopic (exact) mass is 562 g/mol. The van der Waals surface area contributed by atoms with E-state index in [-0.39, 0.29) is 0 Å². The minimum atomic E-state index is -5.08. The summed E-state index contributed by atoms with van der Waals surface area (Å²) in [5, 5.41) is 8.09. The van der Waals surface area contributed by atoms with E-state index >= 15 is 0 Å². The van der Waals surface area contributed by atoms with Gasteiger partial charge < -0.3 is 14.8 Å². The van der Waals surface area contributed by atoms with Gasteiger partial charge in [0, 0.05) is 30.9 Å². The number of pyridine rings is 2. The molecule has 1 saturated heterocycles. The summed E-state index contributed by atoms with van der Waals surface area (Å²) in [5.41, 5.74) is 4.42. The minimum absolute atomic E-state index is 0.337. The number of aromatic nitrogens is 3. The first kappa shape index (κ1) is 28.0. The highest BCUT2D eigenvalue weighted by Crippen LogP contribution is 2.30. The molecule has 1 aliphatic heterocycles. The first-order valence-corrected chi connectivity index (χ1v) is 13.3. The van der Waals surface area contributed by atoms with Crippen molar-refractivity contribution in [3.8, 4) is 16.9 Å².